The second-order valence-corrected chi connectivity index (χ2v) is 9.89. The monoisotopic (exact) mass is 508 g/mol. The molecule has 10 heteroatoms. The molecule has 0 amide bonds. The van der Waals surface area contributed by atoms with Gasteiger partial charge in [0.2, 0.25) is 3.79 Å². The van der Waals surface area contributed by atoms with E-state index in [9.17, 15) is 0 Å². The summed E-state index contributed by atoms with van der Waals surface area (Å²) in [6.45, 7) is 12.7. The quantitative estimate of drug-likeness (QED) is 0.112. The zero-order valence-corrected chi connectivity index (χ0v) is 19.3. The van der Waals surface area contributed by atoms with E-state index >= 15 is 0 Å². The van der Waals surface area contributed by atoms with Crippen molar-refractivity contribution in [1.29, 1.82) is 5.26 Å². The number of hydrogen-bond acceptors (Lipinski definition) is 7. The Hall–Kier alpha value is 0.215. The minimum atomic E-state index is -1.35. The number of alkyl halides is 1. The Morgan fingerprint density at radius 1 is 1.30 bits per heavy atom. The van der Waals surface area contributed by atoms with Crippen molar-refractivity contribution >= 4 is 39.0 Å². The fraction of sp³-hybridized carbons (Fsp3) is 0.824. The number of rotatable bonds is 10. The van der Waals surface area contributed by atoms with E-state index in [1.165, 1.54) is 0 Å². The average molecular weight is 508 g/mol. The van der Waals surface area contributed by atoms with E-state index in [1.807, 2.05) is 0 Å². The van der Waals surface area contributed by atoms with Crippen LogP contribution in [0.4, 0.5) is 0 Å². The van der Waals surface area contributed by atoms with Crippen molar-refractivity contribution < 1.29 is 23.3 Å². The molecule has 27 heavy (non-hydrogen) atoms. The molecule has 2 heterocycles. The topological polar surface area (TPSA) is 73.2 Å². The van der Waals surface area contributed by atoms with E-state index < -0.39 is 18.3 Å². The van der Waals surface area contributed by atoms with E-state index in [2.05, 4.69) is 67.6 Å². The number of nitrogens with zero attached hydrogens (tertiary/aromatic N) is 2. The molecule has 0 spiro atoms. The van der Waals surface area contributed by atoms with Gasteiger partial charge in [-0.15, -0.1) is 0 Å². The molecule has 2 aliphatic heterocycles. The fourth-order valence-electron chi connectivity index (χ4n) is 3.11. The number of ether oxygens (including phenoxy) is 3. The summed E-state index contributed by atoms with van der Waals surface area (Å²) in [5, 5.41) is 8.79. The van der Waals surface area contributed by atoms with E-state index in [0.29, 0.717) is 13.0 Å². The van der Waals surface area contributed by atoms with Crippen LogP contribution in [0.2, 0.25) is 0 Å². The summed E-state index contributed by atoms with van der Waals surface area (Å²) in [6, 6.07) is 1.96. The largest absolute Gasteiger partial charge is 0.377 e. The highest BCUT2D eigenvalue weighted by molar-refractivity contribution is 14.1. The SMILES string of the molecule is [B][C@H]1O[C@@H](COP(OCCC#N)N(C(C)C)C(C)C)C2OC(I)(C=C)OC21. The van der Waals surface area contributed by atoms with Crippen LogP contribution in [0.3, 0.4) is 0 Å². The molecule has 0 bridgehead atoms. The summed E-state index contributed by atoms with van der Waals surface area (Å²) in [4.78, 5) is 0. The third-order valence-electron chi connectivity index (χ3n) is 4.19. The molecule has 150 valence electrons. The van der Waals surface area contributed by atoms with Crippen molar-refractivity contribution in [1.82, 2.24) is 4.67 Å². The summed E-state index contributed by atoms with van der Waals surface area (Å²) in [5.41, 5.74) is 0. The molecule has 2 aliphatic rings. The van der Waals surface area contributed by atoms with E-state index in [1.54, 1.807) is 6.08 Å². The number of halogens is 1. The van der Waals surface area contributed by atoms with Gasteiger partial charge < -0.3 is 23.3 Å². The Bertz CT molecular complexity index is 544. The summed E-state index contributed by atoms with van der Waals surface area (Å²) >= 11 is 2.06. The lowest BCUT2D eigenvalue weighted by atomic mass is 9.93. The molecule has 0 aromatic carbocycles. The van der Waals surface area contributed by atoms with Gasteiger partial charge in [0.1, 0.15) is 26.2 Å². The van der Waals surface area contributed by atoms with Crippen molar-refractivity contribution in [3.63, 3.8) is 0 Å². The van der Waals surface area contributed by atoms with Crippen molar-refractivity contribution in [2.75, 3.05) is 13.2 Å². The first-order valence-corrected chi connectivity index (χ1v) is 11.2. The van der Waals surface area contributed by atoms with Crippen molar-refractivity contribution in [3.8, 4) is 6.07 Å². The average Bonchev–Trinajstić information content (AvgIpc) is 3.08. The van der Waals surface area contributed by atoms with Gasteiger partial charge in [0, 0.05) is 18.1 Å². The van der Waals surface area contributed by atoms with E-state index in [4.69, 9.17) is 36.4 Å². The van der Waals surface area contributed by atoms with Gasteiger partial charge in [0.25, 0.3) is 8.53 Å². The molecule has 6 atom stereocenters. The first-order chi connectivity index (χ1) is 12.7. The highest BCUT2D eigenvalue weighted by Crippen LogP contribution is 2.48. The van der Waals surface area contributed by atoms with E-state index in [-0.39, 0.29) is 37.0 Å². The summed E-state index contributed by atoms with van der Waals surface area (Å²) in [7, 11) is 4.71. The Kier molecular flexibility index (Phi) is 8.97. The Morgan fingerprint density at radius 3 is 2.48 bits per heavy atom. The molecule has 4 unspecified atom stereocenters. The van der Waals surface area contributed by atoms with Crippen LogP contribution < -0.4 is 0 Å². The predicted octanol–water partition coefficient (Wildman–Crippen LogP) is 3.23. The molecule has 0 saturated carbocycles. The first kappa shape index (κ1) is 23.5. The van der Waals surface area contributed by atoms with Gasteiger partial charge >= 0.3 is 0 Å². The Labute approximate surface area is 178 Å². The number of fused-ring (bicyclic) bond motifs is 1. The third-order valence-corrected chi connectivity index (χ3v) is 7.22. The van der Waals surface area contributed by atoms with E-state index in [0.717, 1.165) is 0 Å². The lowest BCUT2D eigenvalue weighted by molar-refractivity contribution is -0.109. The van der Waals surface area contributed by atoms with Gasteiger partial charge in [-0.3, -0.25) is 0 Å². The van der Waals surface area contributed by atoms with Crippen molar-refractivity contribution in [2.24, 2.45) is 0 Å². The first-order valence-electron chi connectivity index (χ1n) is 9.02. The Morgan fingerprint density at radius 2 is 1.93 bits per heavy atom. The van der Waals surface area contributed by atoms with Gasteiger partial charge in [-0.2, -0.15) is 5.26 Å². The van der Waals surface area contributed by atoms with Crippen molar-refractivity contribution in [3.05, 3.63) is 12.7 Å². The fourth-order valence-corrected chi connectivity index (χ4v) is 5.32. The second kappa shape index (κ2) is 10.3. The zero-order valence-electron chi connectivity index (χ0n) is 16.2. The number of nitriles is 1. The van der Waals surface area contributed by atoms with Crippen LogP contribution in [0.5, 0.6) is 0 Å². The molecule has 0 aromatic rings. The van der Waals surface area contributed by atoms with Crippen molar-refractivity contribution in [2.45, 2.75) is 74.3 Å². The van der Waals surface area contributed by atoms with Gasteiger partial charge in [-0.05, 0) is 56.4 Å². The molecule has 0 aliphatic carbocycles. The summed E-state index contributed by atoms with van der Waals surface area (Å²) in [6.07, 6.45) is 0.846. The maximum absolute atomic E-state index is 8.79. The summed E-state index contributed by atoms with van der Waals surface area (Å²) in [5.74, 6) is 0. The molecule has 2 radical (unpaired) electrons. The van der Waals surface area contributed by atoms with Crippen LogP contribution in [0.15, 0.2) is 12.7 Å². The highest BCUT2D eigenvalue weighted by atomic mass is 127. The molecule has 7 nitrogen and oxygen atoms in total. The molecule has 2 fully saturated rings. The molecular formula is C17H27BIN2O5P. The van der Waals surface area contributed by atoms with Crippen LogP contribution in [-0.4, -0.2) is 65.9 Å². The van der Waals surface area contributed by atoms with Crippen LogP contribution in [0.1, 0.15) is 34.1 Å². The molecule has 0 N–H and O–H groups in total. The smallest absolute Gasteiger partial charge is 0.259 e. The molecule has 2 saturated heterocycles. The van der Waals surface area contributed by atoms with Gasteiger partial charge in [-0.1, -0.05) is 6.58 Å². The normalized spacial score (nSPS) is 34.2. The van der Waals surface area contributed by atoms with Crippen LogP contribution in [-0.2, 0) is 23.3 Å². The molecular weight excluding hydrogens is 481 g/mol. The number of hydrogen-bond donors (Lipinski definition) is 0. The van der Waals surface area contributed by atoms with Gasteiger partial charge in [-0.25, -0.2) is 4.67 Å². The van der Waals surface area contributed by atoms with Crippen LogP contribution in [0.25, 0.3) is 0 Å². The maximum atomic E-state index is 8.79. The maximum Gasteiger partial charge on any atom is 0.259 e. The third kappa shape index (κ3) is 5.86. The van der Waals surface area contributed by atoms with Gasteiger partial charge in [0.15, 0.2) is 0 Å². The summed E-state index contributed by atoms with van der Waals surface area (Å²) < 4.78 is 30.9. The molecule has 2 rings (SSSR count). The van der Waals surface area contributed by atoms with Crippen LogP contribution >= 0.6 is 31.1 Å². The Balaban J connectivity index is 2.03. The minimum Gasteiger partial charge on any atom is -0.377 e. The lowest BCUT2D eigenvalue weighted by Crippen LogP contribution is -2.36. The molecule has 0 aromatic heterocycles. The standard InChI is InChI=1S/C17H27BIN2O5P/c1-6-17(19)25-14-13(24-16(18)15(14)26-17)10-23-27(22-9-7-8-20)21(11(2)3)12(4)5/h6,11-16H,1,7,9-10H2,2-5H3/t13-,14?,15?,16-,17?,27?/m0/s1. The van der Waals surface area contributed by atoms with Crippen LogP contribution in [0, 0.1) is 11.3 Å². The minimum absolute atomic E-state index is 0.228. The second-order valence-electron chi connectivity index (χ2n) is 6.93. The lowest BCUT2D eigenvalue weighted by Gasteiger charge is -2.36. The zero-order chi connectivity index (χ0) is 20.2. The predicted molar refractivity (Wildman–Crippen MR) is 112 cm³/mol. The highest BCUT2D eigenvalue weighted by Gasteiger charge is 2.55. The van der Waals surface area contributed by atoms with Gasteiger partial charge in [0.05, 0.1) is 25.7 Å².